The van der Waals surface area contributed by atoms with Gasteiger partial charge in [-0.05, 0) is 53.1 Å². The van der Waals surface area contributed by atoms with Gasteiger partial charge in [0.1, 0.15) is 22.5 Å². The van der Waals surface area contributed by atoms with Crippen LogP contribution >= 0.6 is 0 Å². The Bertz CT molecular complexity index is 567. The SMILES string of the molecule is C=CC[S+]1CCC23CCCC[C@H]2[C@@H]1Cc1ccc(O)cc13. The summed E-state index contributed by atoms with van der Waals surface area (Å²) in [5.74, 6) is 3.91. The molecule has 1 N–H and O–H groups in total. The molecule has 4 rings (SSSR count). The third-order valence-electron chi connectivity index (χ3n) is 6.17. The maximum Gasteiger partial charge on any atom is 0.126 e. The van der Waals surface area contributed by atoms with Gasteiger partial charge in [0.05, 0.1) is 0 Å². The van der Waals surface area contributed by atoms with E-state index >= 15 is 0 Å². The van der Waals surface area contributed by atoms with Gasteiger partial charge in [-0.15, -0.1) is 0 Å². The summed E-state index contributed by atoms with van der Waals surface area (Å²) in [6.45, 7) is 3.99. The molecule has 0 radical (unpaired) electrons. The fourth-order valence-electron chi connectivity index (χ4n) is 5.33. The molecule has 1 heterocycles. The standard InChI is InChI=1S/C19H24OS/c1-2-10-21-11-9-19-8-4-3-5-16(19)18(21)12-14-6-7-15(20)13-17(14)19/h2,6-7,13,16,18H,1,3-5,8-12H2/p+1/t16-,18-,19?,21?/m0/s1. The maximum absolute atomic E-state index is 10.00. The minimum Gasteiger partial charge on any atom is -0.508 e. The minimum absolute atomic E-state index is 0.389. The first-order chi connectivity index (χ1) is 10.2. The highest BCUT2D eigenvalue weighted by Crippen LogP contribution is 2.57. The van der Waals surface area contributed by atoms with Gasteiger partial charge in [0.15, 0.2) is 0 Å². The third kappa shape index (κ3) is 1.98. The monoisotopic (exact) mass is 301 g/mol. The third-order valence-corrected chi connectivity index (χ3v) is 8.91. The van der Waals surface area contributed by atoms with E-state index in [0.717, 1.165) is 11.2 Å². The minimum atomic E-state index is 0.389. The molecule has 0 spiro atoms. The van der Waals surface area contributed by atoms with Crippen LogP contribution in [0, 0.1) is 5.92 Å². The number of phenolic OH excluding ortho intramolecular Hbond substituents is 1. The van der Waals surface area contributed by atoms with Crippen LogP contribution < -0.4 is 0 Å². The summed E-state index contributed by atoms with van der Waals surface area (Å²) >= 11 is 0. The molecule has 1 saturated carbocycles. The second-order valence-electron chi connectivity index (χ2n) is 7.04. The van der Waals surface area contributed by atoms with Crippen molar-refractivity contribution in [1.82, 2.24) is 0 Å². The van der Waals surface area contributed by atoms with Gasteiger partial charge < -0.3 is 5.11 Å². The summed E-state index contributed by atoms with van der Waals surface area (Å²) in [4.78, 5) is 0. The van der Waals surface area contributed by atoms with Crippen molar-refractivity contribution < 1.29 is 5.11 Å². The molecule has 2 heteroatoms. The molecule has 2 bridgehead atoms. The van der Waals surface area contributed by atoms with Gasteiger partial charge in [0.2, 0.25) is 0 Å². The van der Waals surface area contributed by atoms with Gasteiger partial charge >= 0.3 is 0 Å². The zero-order valence-electron chi connectivity index (χ0n) is 12.7. The molecule has 1 aliphatic heterocycles. The Balaban J connectivity index is 1.83. The molecular formula is C19H25OS+. The molecule has 1 aromatic rings. The molecule has 2 fully saturated rings. The lowest BCUT2D eigenvalue weighted by Crippen LogP contribution is -2.57. The zero-order valence-corrected chi connectivity index (χ0v) is 13.5. The molecule has 0 aromatic heterocycles. The first kappa shape index (κ1) is 13.8. The van der Waals surface area contributed by atoms with Crippen LogP contribution in [0.5, 0.6) is 5.75 Å². The van der Waals surface area contributed by atoms with Crippen LogP contribution in [-0.2, 0) is 22.7 Å². The molecule has 112 valence electrons. The Kier molecular flexibility index (Phi) is 3.33. The molecule has 21 heavy (non-hydrogen) atoms. The predicted molar refractivity (Wildman–Crippen MR) is 91.1 cm³/mol. The highest BCUT2D eigenvalue weighted by molar-refractivity contribution is 7.97. The molecule has 1 saturated heterocycles. The Morgan fingerprint density at radius 1 is 1.33 bits per heavy atom. The van der Waals surface area contributed by atoms with Crippen molar-refractivity contribution in [1.29, 1.82) is 0 Å². The van der Waals surface area contributed by atoms with Crippen LogP contribution in [0.4, 0.5) is 0 Å². The van der Waals surface area contributed by atoms with Crippen LogP contribution in [0.25, 0.3) is 0 Å². The molecule has 4 atom stereocenters. The number of hydrogen-bond acceptors (Lipinski definition) is 1. The van der Waals surface area contributed by atoms with E-state index in [1.165, 1.54) is 61.2 Å². The number of hydrogen-bond donors (Lipinski definition) is 1. The lowest BCUT2D eigenvalue weighted by Gasteiger charge is -2.54. The average Bonchev–Trinajstić information content (AvgIpc) is 2.51. The van der Waals surface area contributed by atoms with E-state index in [4.69, 9.17) is 0 Å². The van der Waals surface area contributed by atoms with E-state index in [1.54, 1.807) is 0 Å². The van der Waals surface area contributed by atoms with Crippen LogP contribution in [0.15, 0.2) is 30.9 Å². The molecule has 1 nitrogen and oxygen atoms in total. The van der Waals surface area contributed by atoms with Gasteiger partial charge in [0, 0.05) is 24.2 Å². The highest BCUT2D eigenvalue weighted by atomic mass is 32.2. The lowest BCUT2D eigenvalue weighted by molar-refractivity contribution is 0.151. The quantitative estimate of drug-likeness (QED) is 0.648. The molecule has 2 aliphatic carbocycles. The predicted octanol–water partition coefficient (Wildman–Crippen LogP) is 3.95. The van der Waals surface area contributed by atoms with Gasteiger partial charge in [-0.3, -0.25) is 0 Å². The molecular weight excluding hydrogens is 276 g/mol. The molecule has 3 aliphatic rings. The van der Waals surface area contributed by atoms with Crippen LogP contribution in [0.3, 0.4) is 0 Å². The number of rotatable bonds is 2. The topological polar surface area (TPSA) is 20.2 Å². The largest absolute Gasteiger partial charge is 0.508 e. The Morgan fingerprint density at radius 2 is 2.24 bits per heavy atom. The molecule has 1 aromatic carbocycles. The van der Waals surface area contributed by atoms with Crippen molar-refractivity contribution in [2.75, 3.05) is 11.5 Å². The van der Waals surface area contributed by atoms with E-state index in [2.05, 4.69) is 24.8 Å². The van der Waals surface area contributed by atoms with Gasteiger partial charge in [-0.25, -0.2) is 0 Å². The Hall–Kier alpha value is -0.890. The summed E-state index contributed by atoms with van der Waals surface area (Å²) in [6.07, 6.45) is 10.2. The fraction of sp³-hybridized carbons (Fsp3) is 0.579. The average molecular weight is 301 g/mol. The summed E-state index contributed by atoms with van der Waals surface area (Å²) in [5.41, 5.74) is 3.42. The summed E-state index contributed by atoms with van der Waals surface area (Å²) in [6, 6.07) is 6.19. The normalized spacial score (nSPS) is 37.4. The van der Waals surface area contributed by atoms with E-state index in [0.29, 0.717) is 22.1 Å². The van der Waals surface area contributed by atoms with Crippen LogP contribution in [0.1, 0.15) is 43.2 Å². The van der Waals surface area contributed by atoms with Crippen molar-refractivity contribution in [2.24, 2.45) is 5.92 Å². The Morgan fingerprint density at radius 3 is 3.10 bits per heavy atom. The van der Waals surface area contributed by atoms with Crippen molar-refractivity contribution in [3.63, 3.8) is 0 Å². The first-order valence-electron chi connectivity index (χ1n) is 8.34. The maximum atomic E-state index is 10.00. The van der Waals surface area contributed by atoms with E-state index in [9.17, 15) is 5.11 Å². The highest BCUT2D eigenvalue weighted by Gasteiger charge is 2.58. The lowest BCUT2D eigenvalue weighted by atomic mass is 9.55. The first-order valence-corrected chi connectivity index (χ1v) is 9.97. The van der Waals surface area contributed by atoms with Gasteiger partial charge in [-0.1, -0.05) is 25.5 Å². The van der Waals surface area contributed by atoms with E-state index in [1.807, 2.05) is 6.07 Å². The number of aromatic hydroxyl groups is 1. The zero-order chi connectivity index (χ0) is 14.4. The summed E-state index contributed by atoms with van der Waals surface area (Å²) < 4.78 is 0. The fourth-order valence-corrected chi connectivity index (χ4v) is 8.25. The molecule has 2 unspecified atom stereocenters. The second-order valence-corrected chi connectivity index (χ2v) is 9.46. The number of phenols is 1. The number of benzene rings is 1. The van der Waals surface area contributed by atoms with Gasteiger partial charge in [0.25, 0.3) is 0 Å². The summed E-state index contributed by atoms with van der Waals surface area (Å²) in [7, 11) is 0.531. The summed E-state index contributed by atoms with van der Waals surface area (Å²) in [5, 5.41) is 10.9. The van der Waals surface area contributed by atoms with Crippen LogP contribution in [-0.4, -0.2) is 21.9 Å². The van der Waals surface area contributed by atoms with E-state index < -0.39 is 0 Å². The molecule has 0 amide bonds. The van der Waals surface area contributed by atoms with Crippen molar-refractivity contribution in [3.05, 3.63) is 42.0 Å². The van der Waals surface area contributed by atoms with E-state index in [-0.39, 0.29) is 0 Å². The second kappa shape index (κ2) is 5.08. The van der Waals surface area contributed by atoms with Crippen molar-refractivity contribution in [2.45, 2.75) is 49.2 Å². The van der Waals surface area contributed by atoms with Crippen molar-refractivity contribution >= 4 is 10.9 Å². The van der Waals surface area contributed by atoms with Crippen LogP contribution in [0.2, 0.25) is 0 Å². The smallest absolute Gasteiger partial charge is 0.126 e. The Labute approximate surface area is 130 Å². The number of fused-ring (bicyclic) bond motifs is 1. The van der Waals surface area contributed by atoms with Crippen molar-refractivity contribution in [3.8, 4) is 5.75 Å². The van der Waals surface area contributed by atoms with Gasteiger partial charge in [-0.2, -0.15) is 0 Å².